The number of aromatic amines is 1. The van der Waals surface area contributed by atoms with Gasteiger partial charge in [0.1, 0.15) is 6.29 Å². The number of nitrogens with one attached hydrogen (secondary N) is 2. The van der Waals surface area contributed by atoms with Crippen LogP contribution in [0.25, 0.3) is 0 Å². The van der Waals surface area contributed by atoms with Crippen LogP contribution in [0.2, 0.25) is 0 Å². The maximum absolute atomic E-state index is 10.9. The summed E-state index contributed by atoms with van der Waals surface area (Å²) in [6, 6.07) is 0.144. The van der Waals surface area contributed by atoms with Crippen molar-refractivity contribution >= 4 is 6.29 Å². The standard InChI is InChI=1S/C10H17N3O/c1-7(2)13-10(5-14)8(3)9-4-11-6-12-9/h4-8,10,13H,1-3H3,(H,11,12). The van der Waals surface area contributed by atoms with Crippen molar-refractivity contribution in [3.63, 3.8) is 0 Å². The van der Waals surface area contributed by atoms with Crippen molar-refractivity contribution in [3.05, 3.63) is 18.2 Å². The largest absolute Gasteiger partial charge is 0.348 e. The summed E-state index contributed by atoms with van der Waals surface area (Å²) in [6.07, 6.45) is 4.33. The van der Waals surface area contributed by atoms with Crippen LogP contribution in [0, 0.1) is 0 Å². The second kappa shape index (κ2) is 4.91. The van der Waals surface area contributed by atoms with E-state index in [0.717, 1.165) is 12.0 Å². The van der Waals surface area contributed by atoms with Crippen molar-refractivity contribution in [1.29, 1.82) is 0 Å². The van der Waals surface area contributed by atoms with Gasteiger partial charge in [0.05, 0.1) is 12.4 Å². The minimum Gasteiger partial charge on any atom is -0.348 e. The van der Waals surface area contributed by atoms with E-state index in [0.29, 0.717) is 6.04 Å². The number of nitrogens with zero attached hydrogens (tertiary/aromatic N) is 1. The van der Waals surface area contributed by atoms with Crippen molar-refractivity contribution in [1.82, 2.24) is 15.3 Å². The van der Waals surface area contributed by atoms with Gasteiger partial charge in [-0.05, 0) is 0 Å². The molecule has 14 heavy (non-hydrogen) atoms. The van der Waals surface area contributed by atoms with E-state index in [4.69, 9.17) is 0 Å². The molecule has 1 aromatic heterocycles. The molecule has 2 atom stereocenters. The molecule has 0 bridgehead atoms. The summed E-state index contributed by atoms with van der Waals surface area (Å²) in [5, 5.41) is 3.20. The van der Waals surface area contributed by atoms with Gasteiger partial charge in [-0.25, -0.2) is 4.98 Å². The predicted molar refractivity (Wildman–Crippen MR) is 55.1 cm³/mol. The van der Waals surface area contributed by atoms with Gasteiger partial charge in [0.15, 0.2) is 0 Å². The summed E-state index contributed by atoms with van der Waals surface area (Å²) in [4.78, 5) is 17.8. The van der Waals surface area contributed by atoms with Gasteiger partial charge in [0.2, 0.25) is 0 Å². The third kappa shape index (κ3) is 2.67. The number of carbonyl (C=O) groups excluding carboxylic acids is 1. The van der Waals surface area contributed by atoms with E-state index in [1.807, 2.05) is 20.8 Å². The Bertz CT molecular complexity index is 269. The first kappa shape index (κ1) is 10.9. The van der Waals surface area contributed by atoms with Gasteiger partial charge in [0.25, 0.3) is 0 Å². The molecule has 0 aliphatic heterocycles. The van der Waals surface area contributed by atoms with Crippen molar-refractivity contribution in [2.75, 3.05) is 0 Å². The Kier molecular flexibility index (Phi) is 3.83. The van der Waals surface area contributed by atoms with Gasteiger partial charge < -0.3 is 15.1 Å². The fourth-order valence-electron chi connectivity index (χ4n) is 1.40. The van der Waals surface area contributed by atoms with Crippen LogP contribution in [-0.2, 0) is 4.79 Å². The fourth-order valence-corrected chi connectivity index (χ4v) is 1.40. The van der Waals surface area contributed by atoms with Crippen LogP contribution in [0.5, 0.6) is 0 Å². The van der Waals surface area contributed by atoms with Crippen molar-refractivity contribution in [2.45, 2.75) is 38.8 Å². The summed E-state index contributed by atoms with van der Waals surface area (Å²) in [5.74, 6) is 0.123. The molecule has 2 N–H and O–H groups in total. The zero-order valence-electron chi connectivity index (χ0n) is 8.82. The number of rotatable bonds is 5. The molecule has 0 spiro atoms. The van der Waals surface area contributed by atoms with Gasteiger partial charge >= 0.3 is 0 Å². The Balaban J connectivity index is 2.65. The van der Waals surface area contributed by atoms with E-state index in [1.54, 1.807) is 12.5 Å². The van der Waals surface area contributed by atoms with E-state index in [9.17, 15) is 4.79 Å². The van der Waals surface area contributed by atoms with E-state index >= 15 is 0 Å². The highest BCUT2D eigenvalue weighted by Gasteiger charge is 2.19. The molecule has 4 heteroatoms. The van der Waals surface area contributed by atoms with Gasteiger partial charge in [-0.1, -0.05) is 20.8 Å². The Hall–Kier alpha value is -1.16. The molecule has 0 aromatic carbocycles. The second-order valence-electron chi connectivity index (χ2n) is 3.78. The van der Waals surface area contributed by atoms with Crippen LogP contribution in [0.1, 0.15) is 32.4 Å². The van der Waals surface area contributed by atoms with Crippen LogP contribution in [0.4, 0.5) is 0 Å². The number of carbonyl (C=O) groups is 1. The lowest BCUT2D eigenvalue weighted by Gasteiger charge is -2.21. The van der Waals surface area contributed by atoms with E-state index in [-0.39, 0.29) is 12.0 Å². The number of hydrogen-bond acceptors (Lipinski definition) is 3. The van der Waals surface area contributed by atoms with Gasteiger partial charge in [-0.2, -0.15) is 0 Å². The Morgan fingerprint density at radius 2 is 2.21 bits per heavy atom. The zero-order valence-corrected chi connectivity index (χ0v) is 8.82. The lowest BCUT2D eigenvalue weighted by Crippen LogP contribution is -2.39. The number of H-pyrrole nitrogens is 1. The molecule has 2 unspecified atom stereocenters. The summed E-state index contributed by atoms with van der Waals surface area (Å²) in [7, 11) is 0. The quantitative estimate of drug-likeness (QED) is 0.691. The molecule has 0 aliphatic carbocycles. The predicted octanol–water partition coefficient (Wildman–Crippen LogP) is 1.08. The SMILES string of the molecule is CC(C)NC(C=O)C(C)c1cnc[nH]1. The van der Waals surface area contributed by atoms with Crippen LogP contribution in [0.15, 0.2) is 12.5 Å². The molecule has 4 nitrogen and oxygen atoms in total. The maximum atomic E-state index is 10.9. The number of imidazole rings is 1. The van der Waals surface area contributed by atoms with Gasteiger partial charge in [-0.3, -0.25) is 0 Å². The summed E-state index contributed by atoms with van der Waals surface area (Å²) in [5.41, 5.74) is 0.982. The van der Waals surface area contributed by atoms with Gasteiger partial charge in [0, 0.05) is 23.9 Å². The molecule has 1 rings (SSSR count). The Morgan fingerprint density at radius 3 is 2.64 bits per heavy atom. The Morgan fingerprint density at radius 1 is 1.50 bits per heavy atom. The molecule has 78 valence electrons. The molecule has 0 saturated heterocycles. The molecule has 0 fully saturated rings. The summed E-state index contributed by atoms with van der Waals surface area (Å²) < 4.78 is 0. The van der Waals surface area contributed by atoms with E-state index in [2.05, 4.69) is 15.3 Å². The number of hydrogen-bond donors (Lipinski definition) is 2. The maximum Gasteiger partial charge on any atom is 0.137 e. The van der Waals surface area contributed by atoms with Crippen LogP contribution >= 0.6 is 0 Å². The minimum atomic E-state index is -0.157. The molecule has 1 heterocycles. The normalized spacial score (nSPS) is 15.4. The first-order valence-electron chi connectivity index (χ1n) is 4.84. The lowest BCUT2D eigenvalue weighted by atomic mass is 9.99. The third-order valence-electron chi connectivity index (χ3n) is 2.22. The number of aldehydes is 1. The molecular weight excluding hydrogens is 178 g/mol. The first-order chi connectivity index (χ1) is 6.65. The first-order valence-corrected chi connectivity index (χ1v) is 4.84. The van der Waals surface area contributed by atoms with Crippen molar-refractivity contribution in [3.8, 4) is 0 Å². The van der Waals surface area contributed by atoms with Crippen molar-refractivity contribution in [2.24, 2.45) is 0 Å². The van der Waals surface area contributed by atoms with Gasteiger partial charge in [-0.15, -0.1) is 0 Å². The van der Waals surface area contributed by atoms with Crippen LogP contribution < -0.4 is 5.32 Å². The smallest absolute Gasteiger partial charge is 0.137 e. The third-order valence-corrected chi connectivity index (χ3v) is 2.22. The molecule has 0 radical (unpaired) electrons. The lowest BCUT2D eigenvalue weighted by molar-refractivity contribution is -0.110. The second-order valence-corrected chi connectivity index (χ2v) is 3.78. The highest BCUT2D eigenvalue weighted by molar-refractivity contribution is 5.59. The summed E-state index contributed by atoms with van der Waals surface area (Å²) >= 11 is 0. The summed E-state index contributed by atoms with van der Waals surface area (Å²) in [6.45, 7) is 6.05. The topological polar surface area (TPSA) is 57.8 Å². The average Bonchev–Trinajstić information content (AvgIpc) is 2.65. The molecule has 1 aromatic rings. The zero-order chi connectivity index (χ0) is 10.6. The fraction of sp³-hybridized carbons (Fsp3) is 0.600. The molecule has 0 amide bonds. The highest BCUT2D eigenvalue weighted by atomic mass is 16.1. The monoisotopic (exact) mass is 195 g/mol. The van der Waals surface area contributed by atoms with Crippen LogP contribution in [0.3, 0.4) is 0 Å². The van der Waals surface area contributed by atoms with Crippen molar-refractivity contribution < 1.29 is 4.79 Å². The van der Waals surface area contributed by atoms with Crippen LogP contribution in [-0.4, -0.2) is 28.3 Å². The minimum absolute atomic E-state index is 0.123. The van der Waals surface area contributed by atoms with E-state index in [1.165, 1.54) is 0 Å². The average molecular weight is 195 g/mol. The van der Waals surface area contributed by atoms with E-state index < -0.39 is 0 Å². The number of aromatic nitrogens is 2. The molecule has 0 saturated carbocycles. The molecule has 0 aliphatic rings. The molecular formula is C10H17N3O. The highest BCUT2D eigenvalue weighted by Crippen LogP contribution is 2.15. The Labute approximate surface area is 84.1 Å².